The van der Waals surface area contributed by atoms with Gasteiger partial charge in [0.2, 0.25) is 5.91 Å². The molecule has 1 fully saturated rings. The number of halogens is 1. The van der Waals surface area contributed by atoms with Gasteiger partial charge >= 0.3 is 0 Å². The first-order valence-corrected chi connectivity index (χ1v) is 13.6. The smallest absolute Gasteiger partial charge is 0.253 e. The minimum atomic E-state index is -0.127. The molecular weight excluding hydrogens is 496 g/mol. The second kappa shape index (κ2) is 12.6. The molecular formula is C32H37ClN2O3. The van der Waals surface area contributed by atoms with Crippen LogP contribution in [0, 0.1) is 0 Å². The molecule has 1 aliphatic rings. The Hall–Kier alpha value is -3.15. The number of hydrogen-bond acceptors (Lipinski definition) is 3. The summed E-state index contributed by atoms with van der Waals surface area (Å²) in [5.41, 5.74) is 4.06. The molecule has 5 nitrogen and oxygen atoms in total. The molecule has 200 valence electrons. The number of carbonyl (C=O) groups excluding carboxylic acids is 2. The van der Waals surface area contributed by atoms with Crippen molar-refractivity contribution in [2.45, 2.75) is 51.7 Å². The molecule has 0 unspecified atom stereocenters. The summed E-state index contributed by atoms with van der Waals surface area (Å²) in [6.07, 6.45) is 0.990. The van der Waals surface area contributed by atoms with Crippen LogP contribution in [-0.2, 0) is 28.0 Å². The van der Waals surface area contributed by atoms with E-state index in [1.165, 1.54) is 5.56 Å². The van der Waals surface area contributed by atoms with Crippen LogP contribution >= 0.6 is 11.6 Å². The molecule has 0 N–H and O–H groups in total. The van der Waals surface area contributed by atoms with E-state index in [0.717, 1.165) is 11.1 Å². The number of benzene rings is 3. The van der Waals surface area contributed by atoms with Crippen molar-refractivity contribution < 1.29 is 14.3 Å². The largest absolute Gasteiger partial charge is 0.375 e. The van der Waals surface area contributed by atoms with Crippen LogP contribution < -0.4 is 0 Å². The molecule has 0 saturated carbocycles. The van der Waals surface area contributed by atoms with Gasteiger partial charge in [-0.15, -0.1) is 0 Å². The van der Waals surface area contributed by atoms with Gasteiger partial charge in [0.15, 0.2) is 0 Å². The van der Waals surface area contributed by atoms with E-state index in [2.05, 4.69) is 32.9 Å². The molecule has 3 aromatic carbocycles. The fourth-order valence-corrected chi connectivity index (χ4v) is 4.89. The molecule has 38 heavy (non-hydrogen) atoms. The first-order chi connectivity index (χ1) is 18.2. The monoisotopic (exact) mass is 532 g/mol. The molecule has 0 aromatic heterocycles. The van der Waals surface area contributed by atoms with Gasteiger partial charge in [0.05, 0.1) is 19.3 Å². The molecule has 1 aliphatic heterocycles. The van der Waals surface area contributed by atoms with Crippen molar-refractivity contribution in [3.05, 3.63) is 106 Å². The van der Waals surface area contributed by atoms with Crippen molar-refractivity contribution in [1.82, 2.24) is 9.80 Å². The number of nitrogens with zero attached hydrogens (tertiary/aromatic N) is 2. The van der Waals surface area contributed by atoms with Crippen molar-refractivity contribution in [1.29, 1.82) is 0 Å². The maximum absolute atomic E-state index is 13.3. The lowest BCUT2D eigenvalue weighted by Gasteiger charge is -2.31. The first-order valence-electron chi connectivity index (χ1n) is 13.3. The van der Waals surface area contributed by atoms with Gasteiger partial charge in [-0.1, -0.05) is 87.0 Å². The van der Waals surface area contributed by atoms with E-state index in [0.29, 0.717) is 56.3 Å². The molecule has 3 aromatic rings. The molecule has 2 amide bonds. The summed E-state index contributed by atoms with van der Waals surface area (Å²) in [6.45, 7) is 8.71. The van der Waals surface area contributed by atoms with Crippen LogP contribution in [-0.4, -0.2) is 53.9 Å². The summed E-state index contributed by atoms with van der Waals surface area (Å²) >= 11 is 6.00. The Morgan fingerprint density at radius 2 is 1.58 bits per heavy atom. The molecule has 0 spiro atoms. The standard InChI is InChI=1S/C32H37ClN2O3/c1-32(2,3)27-13-11-26(12-14-27)31(37)34-18-17-30(36)35(20-19-34)29(21-24-7-5-4-6-8-24)23-38-22-25-9-15-28(33)16-10-25/h4-16,29H,17-23H2,1-3H3/t29-/m0/s1. The summed E-state index contributed by atoms with van der Waals surface area (Å²) in [7, 11) is 0. The normalized spacial score (nSPS) is 15.3. The lowest BCUT2D eigenvalue weighted by molar-refractivity contribution is -0.134. The number of carbonyl (C=O) groups is 2. The van der Waals surface area contributed by atoms with Gasteiger partial charge in [0.1, 0.15) is 0 Å². The third-order valence-corrected chi connectivity index (χ3v) is 7.31. The van der Waals surface area contributed by atoms with Gasteiger partial charge in [-0.25, -0.2) is 0 Å². The fourth-order valence-electron chi connectivity index (χ4n) is 4.76. The van der Waals surface area contributed by atoms with Crippen molar-refractivity contribution in [2.75, 3.05) is 26.2 Å². The number of ether oxygens (including phenoxy) is 1. The Balaban J connectivity index is 1.44. The summed E-state index contributed by atoms with van der Waals surface area (Å²) < 4.78 is 6.10. The van der Waals surface area contributed by atoms with E-state index >= 15 is 0 Å². The quantitative estimate of drug-likeness (QED) is 0.350. The second-order valence-electron chi connectivity index (χ2n) is 10.9. The summed E-state index contributed by atoms with van der Waals surface area (Å²) in [5.74, 6) is 0.0260. The highest BCUT2D eigenvalue weighted by atomic mass is 35.5. The predicted molar refractivity (Wildman–Crippen MR) is 152 cm³/mol. The summed E-state index contributed by atoms with van der Waals surface area (Å²) in [6, 6.07) is 25.5. The zero-order chi connectivity index (χ0) is 27.1. The van der Waals surface area contributed by atoms with Gasteiger partial charge in [-0.05, 0) is 52.8 Å². The third kappa shape index (κ3) is 7.46. The molecule has 4 rings (SSSR count). The van der Waals surface area contributed by atoms with Crippen LogP contribution in [0.1, 0.15) is 54.2 Å². The lowest BCUT2D eigenvalue weighted by atomic mass is 9.86. The maximum Gasteiger partial charge on any atom is 0.253 e. The average Bonchev–Trinajstić information content (AvgIpc) is 3.10. The van der Waals surface area contributed by atoms with Crippen molar-refractivity contribution in [3.8, 4) is 0 Å². The summed E-state index contributed by atoms with van der Waals surface area (Å²) in [5, 5.41) is 0.690. The molecule has 0 aliphatic carbocycles. The highest BCUT2D eigenvalue weighted by Crippen LogP contribution is 2.23. The van der Waals surface area contributed by atoms with E-state index < -0.39 is 0 Å². The van der Waals surface area contributed by atoms with E-state index in [4.69, 9.17) is 16.3 Å². The third-order valence-electron chi connectivity index (χ3n) is 7.06. The number of rotatable bonds is 8. The number of hydrogen-bond donors (Lipinski definition) is 0. The Kier molecular flexibility index (Phi) is 9.24. The Bertz CT molecular complexity index is 1200. The minimum Gasteiger partial charge on any atom is -0.375 e. The van der Waals surface area contributed by atoms with E-state index in [9.17, 15) is 9.59 Å². The topological polar surface area (TPSA) is 49.9 Å². The zero-order valence-electron chi connectivity index (χ0n) is 22.5. The molecule has 0 radical (unpaired) electrons. The number of amides is 2. The molecule has 0 bridgehead atoms. The Morgan fingerprint density at radius 3 is 2.24 bits per heavy atom. The van der Waals surface area contributed by atoms with Crippen molar-refractivity contribution in [3.63, 3.8) is 0 Å². The fraction of sp³-hybridized carbons (Fsp3) is 0.375. The molecule has 1 atom stereocenters. The SMILES string of the molecule is CC(C)(C)c1ccc(C(=O)N2CCC(=O)N([C@H](COCc3ccc(Cl)cc3)Cc3ccccc3)CC2)cc1. The second-order valence-corrected chi connectivity index (χ2v) is 11.4. The van der Waals surface area contributed by atoms with Crippen LogP contribution in [0.4, 0.5) is 0 Å². The maximum atomic E-state index is 13.3. The summed E-state index contributed by atoms with van der Waals surface area (Å²) in [4.78, 5) is 30.3. The van der Waals surface area contributed by atoms with E-state index in [-0.39, 0.29) is 23.3 Å². The molecule has 6 heteroatoms. The predicted octanol–water partition coefficient (Wildman–Crippen LogP) is 6.14. The van der Waals surface area contributed by atoms with Crippen LogP contribution in [0.15, 0.2) is 78.9 Å². The van der Waals surface area contributed by atoms with E-state index in [1.54, 1.807) is 4.90 Å². The van der Waals surface area contributed by atoms with Gasteiger partial charge in [0, 0.05) is 36.6 Å². The van der Waals surface area contributed by atoms with Crippen molar-refractivity contribution in [2.24, 2.45) is 0 Å². The van der Waals surface area contributed by atoms with Crippen LogP contribution in [0.5, 0.6) is 0 Å². The highest BCUT2D eigenvalue weighted by molar-refractivity contribution is 6.30. The highest BCUT2D eigenvalue weighted by Gasteiger charge is 2.30. The van der Waals surface area contributed by atoms with Crippen LogP contribution in [0.2, 0.25) is 5.02 Å². The van der Waals surface area contributed by atoms with Crippen LogP contribution in [0.25, 0.3) is 0 Å². The Labute approximate surface area is 231 Å². The average molecular weight is 533 g/mol. The van der Waals surface area contributed by atoms with Gasteiger partial charge in [-0.3, -0.25) is 9.59 Å². The zero-order valence-corrected chi connectivity index (χ0v) is 23.3. The Morgan fingerprint density at radius 1 is 0.895 bits per heavy atom. The van der Waals surface area contributed by atoms with E-state index in [1.807, 2.05) is 71.6 Å². The lowest BCUT2D eigenvalue weighted by Crippen LogP contribution is -2.45. The minimum absolute atomic E-state index is 0.0283. The molecule has 1 saturated heterocycles. The van der Waals surface area contributed by atoms with Gasteiger partial charge in [0.25, 0.3) is 5.91 Å². The van der Waals surface area contributed by atoms with Crippen LogP contribution in [0.3, 0.4) is 0 Å². The molecule has 1 heterocycles. The first kappa shape index (κ1) is 27.9. The van der Waals surface area contributed by atoms with Gasteiger partial charge in [-0.2, -0.15) is 0 Å². The van der Waals surface area contributed by atoms with Gasteiger partial charge < -0.3 is 14.5 Å². The van der Waals surface area contributed by atoms with Crippen molar-refractivity contribution >= 4 is 23.4 Å².